The largest absolute Gasteiger partial charge is 0.756 e. The fourth-order valence-corrected chi connectivity index (χ4v) is 6.31. The SMILES string of the molecule is C=CCCCCCCCCCCCCCCCC(=O)O[C@H](COC(=O)CCCC/C=C/C/C=C/C/C=C/CCCCC)COP(=O)([O-])OCC[N+](C)(C)C. The number of carbonyl (C=O) groups excluding carboxylic acids is 2. The second-order valence-electron chi connectivity index (χ2n) is 15.4. The minimum atomic E-state index is -4.63. The highest BCUT2D eigenvalue weighted by molar-refractivity contribution is 7.45. The molecule has 0 amide bonds. The van der Waals surface area contributed by atoms with Crippen molar-refractivity contribution in [3.8, 4) is 0 Å². The molecule has 0 aromatic rings. The van der Waals surface area contributed by atoms with Gasteiger partial charge in [-0.2, -0.15) is 0 Å². The first-order valence-electron chi connectivity index (χ1n) is 21.3. The molecular weight excluding hydrogens is 701 g/mol. The Hall–Kier alpha value is -2.03. The molecule has 0 radical (unpaired) electrons. The maximum Gasteiger partial charge on any atom is 0.306 e. The van der Waals surface area contributed by atoms with Crippen molar-refractivity contribution in [1.29, 1.82) is 0 Å². The van der Waals surface area contributed by atoms with Crippen LogP contribution in [0.4, 0.5) is 0 Å². The van der Waals surface area contributed by atoms with Crippen molar-refractivity contribution in [3.63, 3.8) is 0 Å². The summed E-state index contributed by atoms with van der Waals surface area (Å²) in [5.74, 6) is -0.884. The lowest BCUT2D eigenvalue weighted by molar-refractivity contribution is -0.870. The molecule has 9 nitrogen and oxygen atoms in total. The number of quaternary nitrogens is 1. The van der Waals surface area contributed by atoms with Crippen molar-refractivity contribution in [2.24, 2.45) is 0 Å². The van der Waals surface area contributed by atoms with Gasteiger partial charge >= 0.3 is 11.9 Å². The minimum absolute atomic E-state index is 0.0385. The number of rotatable bonds is 39. The summed E-state index contributed by atoms with van der Waals surface area (Å²) in [5.41, 5.74) is 0. The Bertz CT molecular complexity index is 1050. The summed E-state index contributed by atoms with van der Waals surface area (Å²) in [7, 11) is 1.14. The maximum absolute atomic E-state index is 12.7. The van der Waals surface area contributed by atoms with Crippen molar-refractivity contribution < 1.29 is 42.1 Å². The molecule has 0 aliphatic carbocycles. The van der Waals surface area contributed by atoms with E-state index in [1.54, 1.807) is 0 Å². The number of unbranched alkanes of at least 4 members (excludes halogenated alkanes) is 18. The highest BCUT2D eigenvalue weighted by atomic mass is 31.2. The Morgan fingerprint density at radius 2 is 1.09 bits per heavy atom. The Morgan fingerprint density at radius 1 is 0.630 bits per heavy atom. The average molecular weight is 782 g/mol. The number of phosphoric acid groups is 1. The van der Waals surface area contributed by atoms with Crippen molar-refractivity contribution in [1.82, 2.24) is 0 Å². The van der Waals surface area contributed by atoms with Crippen LogP contribution in [0.2, 0.25) is 0 Å². The van der Waals surface area contributed by atoms with E-state index < -0.39 is 32.5 Å². The molecule has 54 heavy (non-hydrogen) atoms. The summed E-state index contributed by atoms with van der Waals surface area (Å²) < 4.78 is 33.8. The number of ether oxygens (including phenoxy) is 2. The van der Waals surface area contributed by atoms with E-state index >= 15 is 0 Å². The molecule has 0 aliphatic heterocycles. The first kappa shape index (κ1) is 52.0. The van der Waals surface area contributed by atoms with Crippen LogP contribution in [0.1, 0.15) is 167 Å². The second-order valence-corrected chi connectivity index (χ2v) is 16.8. The Balaban J connectivity index is 4.43. The zero-order chi connectivity index (χ0) is 40.0. The first-order chi connectivity index (χ1) is 26.0. The van der Waals surface area contributed by atoms with Crippen LogP contribution >= 0.6 is 7.82 Å². The molecule has 0 heterocycles. The molecule has 0 aromatic heterocycles. The van der Waals surface area contributed by atoms with Gasteiger partial charge < -0.3 is 27.9 Å². The highest BCUT2D eigenvalue weighted by Crippen LogP contribution is 2.38. The van der Waals surface area contributed by atoms with E-state index in [1.807, 2.05) is 27.2 Å². The summed E-state index contributed by atoms with van der Waals surface area (Å²) in [6.07, 6.45) is 40.3. The van der Waals surface area contributed by atoms with Gasteiger partial charge in [-0.15, -0.1) is 6.58 Å². The number of esters is 2. The van der Waals surface area contributed by atoms with Gasteiger partial charge in [0, 0.05) is 12.8 Å². The lowest BCUT2D eigenvalue weighted by Gasteiger charge is -2.28. The van der Waals surface area contributed by atoms with Gasteiger partial charge in [-0.05, 0) is 64.2 Å². The quantitative estimate of drug-likeness (QED) is 0.0199. The molecule has 0 saturated heterocycles. The van der Waals surface area contributed by atoms with Crippen LogP contribution in [0.5, 0.6) is 0 Å². The third kappa shape index (κ3) is 39.7. The maximum atomic E-state index is 12.7. The third-order valence-electron chi connectivity index (χ3n) is 8.97. The smallest absolute Gasteiger partial charge is 0.306 e. The van der Waals surface area contributed by atoms with Crippen LogP contribution in [0.25, 0.3) is 0 Å². The zero-order valence-electron chi connectivity index (χ0n) is 35.0. The van der Waals surface area contributed by atoms with Gasteiger partial charge in [0.2, 0.25) is 0 Å². The molecule has 0 rings (SSSR count). The molecule has 0 aromatic carbocycles. The first-order valence-corrected chi connectivity index (χ1v) is 22.8. The van der Waals surface area contributed by atoms with Gasteiger partial charge in [-0.25, -0.2) is 0 Å². The van der Waals surface area contributed by atoms with Crippen LogP contribution in [0.3, 0.4) is 0 Å². The molecular formula is C44H80NO8P. The molecule has 0 bridgehead atoms. The molecule has 2 atom stereocenters. The summed E-state index contributed by atoms with van der Waals surface area (Å²) in [6.45, 7) is 5.66. The van der Waals surface area contributed by atoms with Crippen LogP contribution in [0.15, 0.2) is 49.1 Å². The van der Waals surface area contributed by atoms with E-state index in [0.29, 0.717) is 23.9 Å². The lowest BCUT2D eigenvalue weighted by atomic mass is 10.0. The molecule has 0 saturated carbocycles. The molecule has 10 heteroatoms. The topological polar surface area (TPSA) is 111 Å². The molecule has 1 unspecified atom stereocenters. The number of phosphoric ester groups is 1. The zero-order valence-corrected chi connectivity index (χ0v) is 35.9. The van der Waals surface area contributed by atoms with Gasteiger partial charge in [0.1, 0.15) is 19.8 Å². The number of likely N-dealkylation sites (N-methyl/N-ethyl adjacent to an activating group) is 1. The third-order valence-corrected chi connectivity index (χ3v) is 9.93. The van der Waals surface area contributed by atoms with E-state index in [-0.39, 0.29) is 26.1 Å². The Labute approximate surface area is 331 Å². The van der Waals surface area contributed by atoms with E-state index in [1.165, 1.54) is 77.0 Å². The van der Waals surface area contributed by atoms with E-state index in [2.05, 4.69) is 50.0 Å². The molecule has 314 valence electrons. The molecule has 0 fully saturated rings. The van der Waals surface area contributed by atoms with E-state index in [9.17, 15) is 19.0 Å². The van der Waals surface area contributed by atoms with Crippen LogP contribution in [0, 0.1) is 0 Å². The fourth-order valence-electron chi connectivity index (χ4n) is 5.58. The second kappa shape index (κ2) is 36.6. The Kier molecular flexibility index (Phi) is 35.2. The van der Waals surface area contributed by atoms with Crippen molar-refractivity contribution in [2.75, 3.05) is 47.5 Å². The predicted molar refractivity (Wildman–Crippen MR) is 222 cm³/mol. The van der Waals surface area contributed by atoms with Gasteiger partial charge in [-0.1, -0.05) is 133 Å². The van der Waals surface area contributed by atoms with Gasteiger partial charge in [-0.3, -0.25) is 14.2 Å². The van der Waals surface area contributed by atoms with Crippen molar-refractivity contribution in [3.05, 3.63) is 49.1 Å². The number of carbonyl (C=O) groups is 2. The summed E-state index contributed by atoms with van der Waals surface area (Å²) in [5, 5.41) is 0. The summed E-state index contributed by atoms with van der Waals surface area (Å²) in [4.78, 5) is 37.5. The van der Waals surface area contributed by atoms with Gasteiger partial charge in [0.05, 0.1) is 27.7 Å². The number of hydrogen-bond acceptors (Lipinski definition) is 8. The van der Waals surface area contributed by atoms with E-state index in [4.69, 9.17) is 18.5 Å². The number of nitrogens with zero attached hydrogens (tertiary/aromatic N) is 1. The normalized spacial score (nSPS) is 13.9. The fraction of sp³-hybridized carbons (Fsp3) is 0.773. The van der Waals surface area contributed by atoms with Crippen LogP contribution < -0.4 is 4.89 Å². The van der Waals surface area contributed by atoms with Gasteiger partial charge in [0.15, 0.2) is 6.10 Å². The van der Waals surface area contributed by atoms with Crippen molar-refractivity contribution in [2.45, 2.75) is 174 Å². The Morgan fingerprint density at radius 3 is 1.63 bits per heavy atom. The summed E-state index contributed by atoms with van der Waals surface area (Å²) >= 11 is 0. The molecule has 0 N–H and O–H groups in total. The lowest BCUT2D eigenvalue weighted by Crippen LogP contribution is -2.37. The number of allylic oxidation sites excluding steroid dienone is 7. The van der Waals surface area contributed by atoms with Crippen LogP contribution in [-0.4, -0.2) is 70.0 Å². The number of hydrogen-bond donors (Lipinski definition) is 0. The average Bonchev–Trinajstić information content (AvgIpc) is 3.12. The standard InChI is InChI=1S/C44H80NO8P/c1-6-8-10-12-14-16-18-20-22-24-26-28-30-32-34-36-43(46)50-40-42(41-52-54(48,49)51-39-38-45(3,4)5)53-44(47)37-35-33-31-29-27-25-23-21-19-17-15-13-11-9-7-2/h7,14,16,20,22,26,28,42H,2,6,8-13,15,17-19,21,23-25,27,29-41H2,1,3-5H3/b16-14+,22-20+,28-26+/t42-/m1/s1. The highest BCUT2D eigenvalue weighted by Gasteiger charge is 2.21. The van der Waals surface area contributed by atoms with Gasteiger partial charge in [0.25, 0.3) is 7.82 Å². The summed E-state index contributed by atoms with van der Waals surface area (Å²) in [6, 6.07) is 0. The van der Waals surface area contributed by atoms with Crippen molar-refractivity contribution >= 4 is 19.8 Å². The monoisotopic (exact) mass is 782 g/mol. The molecule has 0 spiro atoms. The predicted octanol–water partition coefficient (Wildman–Crippen LogP) is 11.3. The minimum Gasteiger partial charge on any atom is -0.756 e. The van der Waals surface area contributed by atoms with E-state index in [0.717, 1.165) is 57.8 Å². The van der Waals surface area contributed by atoms with Crippen LogP contribution in [-0.2, 0) is 32.7 Å². The molecule has 0 aliphatic rings.